The molecule has 1 amide bonds. The number of piperidine rings is 1. The third kappa shape index (κ3) is 6.97. The lowest BCUT2D eigenvalue weighted by molar-refractivity contribution is -0.137. The molecule has 0 radical (unpaired) electrons. The molecule has 13 heteroatoms. The fourth-order valence-electron chi connectivity index (χ4n) is 2.98. The van der Waals surface area contributed by atoms with Crippen molar-refractivity contribution in [2.24, 2.45) is 5.92 Å². The number of rotatable bonds is 8. The highest BCUT2D eigenvalue weighted by Crippen LogP contribution is 2.27. The Morgan fingerprint density at radius 2 is 1.94 bits per heavy atom. The van der Waals surface area contributed by atoms with Gasteiger partial charge in [-0.3, -0.25) is 9.59 Å². The van der Waals surface area contributed by atoms with Gasteiger partial charge in [-0.15, -0.1) is 10.2 Å². The van der Waals surface area contributed by atoms with Gasteiger partial charge in [-0.2, -0.15) is 0 Å². The van der Waals surface area contributed by atoms with Crippen LogP contribution in [-0.4, -0.2) is 60.7 Å². The summed E-state index contributed by atoms with van der Waals surface area (Å²) < 4.78 is 32.9. The van der Waals surface area contributed by atoms with Crippen molar-refractivity contribution in [3.63, 3.8) is 0 Å². The smallest absolute Gasteiger partial charge is 0.316 e. The van der Waals surface area contributed by atoms with Crippen molar-refractivity contribution in [3.8, 4) is 0 Å². The summed E-state index contributed by atoms with van der Waals surface area (Å²) in [6, 6.07) is 7.19. The molecule has 0 aliphatic carbocycles. The van der Waals surface area contributed by atoms with Gasteiger partial charge in [0.2, 0.25) is 21.1 Å². The molecule has 0 bridgehead atoms. The Bertz CT molecular complexity index is 1020. The molecule has 1 fully saturated rings. The number of thioether (sulfide) groups is 1. The number of amides is 1. The summed E-state index contributed by atoms with van der Waals surface area (Å²) in [4.78, 5) is 23.7. The van der Waals surface area contributed by atoms with E-state index in [0.29, 0.717) is 35.4 Å². The average molecular weight is 549 g/mol. The Hall–Kier alpha value is -1.54. The van der Waals surface area contributed by atoms with Gasteiger partial charge in [-0.25, -0.2) is 12.7 Å². The molecule has 1 aromatic heterocycles. The largest absolute Gasteiger partial charge is 0.468 e. The van der Waals surface area contributed by atoms with E-state index in [0.717, 1.165) is 10.0 Å². The number of ether oxygens (including phenoxy) is 1. The summed E-state index contributed by atoms with van der Waals surface area (Å²) in [6.45, 7) is 0.598. The van der Waals surface area contributed by atoms with Crippen molar-refractivity contribution in [3.05, 3.63) is 34.3 Å². The van der Waals surface area contributed by atoms with Gasteiger partial charge in [-0.05, 0) is 30.5 Å². The van der Waals surface area contributed by atoms with Gasteiger partial charge in [0, 0.05) is 23.5 Å². The van der Waals surface area contributed by atoms with Crippen molar-refractivity contribution in [2.45, 2.75) is 22.9 Å². The molecular formula is C18H21BrN4O5S3. The van der Waals surface area contributed by atoms with Crippen LogP contribution in [0.15, 0.2) is 33.1 Å². The number of aromatic nitrogens is 2. The van der Waals surface area contributed by atoms with Gasteiger partial charge in [0.15, 0.2) is 4.34 Å². The van der Waals surface area contributed by atoms with E-state index in [1.807, 2.05) is 12.1 Å². The molecule has 0 saturated carbocycles. The number of carbonyl (C=O) groups excluding carboxylic acids is 2. The van der Waals surface area contributed by atoms with E-state index in [9.17, 15) is 18.0 Å². The minimum atomic E-state index is -3.44. The minimum absolute atomic E-state index is 0.0616. The summed E-state index contributed by atoms with van der Waals surface area (Å²) in [7, 11) is -2.13. The Balaban J connectivity index is 1.48. The summed E-state index contributed by atoms with van der Waals surface area (Å²) in [5, 5.41) is 10.9. The van der Waals surface area contributed by atoms with Crippen molar-refractivity contribution < 1.29 is 22.7 Å². The quantitative estimate of drug-likeness (QED) is 0.304. The van der Waals surface area contributed by atoms with Crippen LogP contribution in [-0.2, 0) is 30.1 Å². The maximum atomic E-state index is 12.7. The molecule has 2 aromatic rings. The molecule has 1 saturated heterocycles. The van der Waals surface area contributed by atoms with E-state index in [1.54, 1.807) is 12.1 Å². The SMILES string of the molecule is COC(=O)CSc1nnc(NC(=O)C2CCN(S(=O)(=O)Cc3ccc(Br)cc3)CC2)s1. The van der Waals surface area contributed by atoms with Crippen LogP contribution in [0.1, 0.15) is 18.4 Å². The van der Waals surface area contributed by atoms with Crippen LogP contribution < -0.4 is 5.32 Å². The number of nitrogens with zero attached hydrogens (tertiary/aromatic N) is 3. The van der Waals surface area contributed by atoms with Crippen molar-refractivity contribution >= 4 is 66.1 Å². The zero-order valence-electron chi connectivity index (χ0n) is 16.6. The molecule has 1 aliphatic rings. The van der Waals surface area contributed by atoms with Crippen molar-refractivity contribution in [2.75, 3.05) is 31.3 Å². The number of anilines is 1. The highest BCUT2D eigenvalue weighted by Gasteiger charge is 2.31. The molecular weight excluding hydrogens is 528 g/mol. The topological polar surface area (TPSA) is 119 Å². The first-order chi connectivity index (χ1) is 14.8. The average Bonchev–Trinajstić information content (AvgIpc) is 3.20. The van der Waals surface area contributed by atoms with Crippen LogP contribution in [0.2, 0.25) is 0 Å². The predicted molar refractivity (Wildman–Crippen MR) is 122 cm³/mol. The second-order valence-electron chi connectivity index (χ2n) is 6.78. The predicted octanol–water partition coefficient (Wildman–Crippen LogP) is 2.75. The standard InChI is InChI=1S/C18H21BrN4O5S3/c1-28-15(24)10-29-18-22-21-17(30-18)20-16(25)13-6-8-23(9-7-13)31(26,27)11-12-2-4-14(19)5-3-12/h2-5,13H,6-11H2,1H3,(H,20,21,25). The van der Waals surface area contributed by atoms with Crippen LogP contribution in [0.5, 0.6) is 0 Å². The fraction of sp³-hybridized carbons (Fsp3) is 0.444. The fourth-order valence-corrected chi connectivity index (χ4v) is 6.40. The third-order valence-electron chi connectivity index (χ3n) is 4.66. The molecule has 9 nitrogen and oxygen atoms in total. The van der Waals surface area contributed by atoms with E-state index in [4.69, 9.17) is 0 Å². The number of halogens is 1. The van der Waals surface area contributed by atoms with E-state index >= 15 is 0 Å². The molecule has 1 N–H and O–H groups in total. The van der Waals surface area contributed by atoms with E-state index < -0.39 is 10.0 Å². The summed E-state index contributed by atoms with van der Waals surface area (Å²) in [5.74, 6) is -0.812. The molecule has 2 heterocycles. The van der Waals surface area contributed by atoms with E-state index in [2.05, 4.69) is 36.2 Å². The molecule has 0 unspecified atom stereocenters. The number of nitrogens with one attached hydrogen (secondary N) is 1. The highest BCUT2D eigenvalue weighted by molar-refractivity contribution is 9.10. The van der Waals surface area contributed by atoms with E-state index in [1.165, 1.54) is 34.5 Å². The van der Waals surface area contributed by atoms with Crippen LogP contribution in [0.4, 0.5) is 5.13 Å². The highest BCUT2D eigenvalue weighted by atomic mass is 79.9. The molecule has 168 valence electrons. The summed E-state index contributed by atoms with van der Waals surface area (Å²) in [5.41, 5.74) is 0.722. The second-order valence-corrected chi connectivity index (χ2v) is 11.9. The first-order valence-corrected chi connectivity index (χ1v) is 13.5. The number of esters is 1. The normalized spacial score (nSPS) is 15.5. The molecule has 3 rings (SSSR count). The number of hydrogen-bond acceptors (Lipinski definition) is 9. The lowest BCUT2D eigenvalue weighted by Crippen LogP contribution is -2.41. The monoisotopic (exact) mass is 548 g/mol. The van der Waals surface area contributed by atoms with Crippen LogP contribution >= 0.6 is 39.0 Å². The Labute approximate surface area is 197 Å². The van der Waals surface area contributed by atoms with Gasteiger partial charge < -0.3 is 10.1 Å². The van der Waals surface area contributed by atoms with Gasteiger partial charge in [0.05, 0.1) is 18.6 Å². The first-order valence-electron chi connectivity index (χ1n) is 9.33. The van der Waals surface area contributed by atoms with Crippen LogP contribution in [0.3, 0.4) is 0 Å². The summed E-state index contributed by atoms with van der Waals surface area (Å²) in [6.07, 6.45) is 0.877. The zero-order chi connectivity index (χ0) is 22.4. The van der Waals surface area contributed by atoms with Crippen molar-refractivity contribution in [1.82, 2.24) is 14.5 Å². The Kier molecular flexibility index (Phi) is 8.44. The number of carbonyl (C=O) groups is 2. The van der Waals surface area contributed by atoms with Gasteiger partial charge in [0.25, 0.3) is 0 Å². The van der Waals surface area contributed by atoms with Crippen LogP contribution in [0, 0.1) is 5.92 Å². The van der Waals surface area contributed by atoms with Crippen molar-refractivity contribution in [1.29, 1.82) is 0 Å². The maximum Gasteiger partial charge on any atom is 0.316 e. The van der Waals surface area contributed by atoms with Gasteiger partial charge in [0.1, 0.15) is 0 Å². The lowest BCUT2D eigenvalue weighted by atomic mass is 9.97. The number of benzene rings is 1. The molecule has 31 heavy (non-hydrogen) atoms. The first kappa shape index (κ1) is 24.1. The third-order valence-corrected chi connectivity index (χ3v) is 8.98. The maximum absolute atomic E-state index is 12.7. The second kappa shape index (κ2) is 10.9. The number of hydrogen-bond donors (Lipinski definition) is 1. The zero-order valence-corrected chi connectivity index (χ0v) is 20.7. The number of methoxy groups -OCH3 is 1. The molecule has 0 atom stereocenters. The molecule has 1 aromatic carbocycles. The molecule has 1 aliphatic heterocycles. The lowest BCUT2D eigenvalue weighted by Gasteiger charge is -2.30. The van der Waals surface area contributed by atoms with E-state index in [-0.39, 0.29) is 29.3 Å². The Morgan fingerprint density at radius 1 is 1.26 bits per heavy atom. The van der Waals surface area contributed by atoms with Gasteiger partial charge in [-0.1, -0.05) is 51.2 Å². The van der Waals surface area contributed by atoms with Crippen LogP contribution in [0.25, 0.3) is 0 Å². The Morgan fingerprint density at radius 3 is 2.58 bits per heavy atom. The molecule has 0 spiro atoms. The number of sulfonamides is 1. The van der Waals surface area contributed by atoms with Gasteiger partial charge >= 0.3 is 5.97 Å². The minimum Gasteiger partial charge on any atom is -0.468 e. The summed E-state index contributed by atoms with van der Waals surface area (Å²) >= 11 is 5.70.